The van der Waals surface area contributed by atoms with Crippen LogP contribution in [0, 0.1) is 13.8 Å². The van der Waals surface area contributed by atoms with Gasteiger partial charge in [-0.05, 0) is 175 Å². The summed E-state index contributed by atoms with van der Waals surface area (Å²) in [6.07, 6.45) is 6.73. The summed E-state index contributed by atoms with van der Waals surface area (Å²) in [4.78, 5) is 5.37. The number of thiophene rings is 1. The second-order valence-electron chi connectivity index (χ2n) is 24.1. The fourth-order valence-electron chi connectivity index (χ4n) is 12.3. The van der Waals surface area contributed by atoms with Crippen LogP contribution in [0.25, 0.3) is 27.3 Å². The van der Waals surface area contributed by atoms with E-state index in [0.717, 1.165) is 18.4 Å². The fraction of sp³-hybridized carbons (Fsp3) is 0.355. The van der Waals surface area contributed by atoms with Gasteiger partial charge in [0.15, 0.2) is 0 Å². The molecule has 0 amide bonds. The molecule has 11 rings (SSSR count). The molecule has 2 aliphatic carbocycles. The normalized spacial score (nSPS) is 18.3. The lowest BCUT2D eigenvalue weighted by Gasteiger charge is -2.48. The van der Waals surface area contributed by atoms with E-state index in [-0.39, 0.29) is 33.8 Å². The van der Waals surface area contributed by atoms with Crippen LogP contribution in [-0.4, -0.2) is 6.71 Å². The van der Waals surface area contributed by atoms with Gasteiger partial charge in [-0.15, -0.1) is 11.3 Å². The average Bonchev–Trinajstić information content (AvgIpc) is 3.64. The molecule has 6 aromatic carbocycles. The number of benzene rings is 6. The van der Waals surface area contributed by atoms with Gasteiger partial charge in [0.25, 0.3) is 6.71 Å². The molecule has 0 saturated carbocycles. The van der Waals surface area contributed by atoms with Gasteiger partial charge < -0.3 is 9.80 Å². The van der Waals surface area contributed by atoms with E-state index in [0.29, 0.717) is 0 Å². The first-order valence-electron chi connectivity index (χ1n) is 24.6. The van der Waals surface area contributed by atoms with Crippen molar-refractivity contribution < 1.29 is 0 Å². The molecule has 0 spiro atoms. The van der Waals surface area contributed by atoms with Gasteiger partial charge in [0.05, 0.1) is 10.7 Å². The van der Waals surface area contributed by atoms with E-state index in [4.69, 9.17) is 0 Å². The summed E-state index contributed by atoms with van der Waals surface area (Å²) in [6.45, 7) is 35.9. The highest BCUT2D eigenvalue weighted by Gasteiger charge is 2.49. The van der Waals surface area contributed by atoms with E-state index in [2.05, 4.69) is 216 Å². The molecular formula is C62H67BN2S. The van der Waals surface area contributed by atoms with E-state index in [1.165, 1.54) is 123 Å². The first-order valence-corrected chi connectivity index (χ1v) is 25.4. The second kappa shape index (κ2) is 14.3. The highest BCUT2D eigenvalue weighted by molar-refractivity contribution is 7.26. The molecule has 4 heteroatoms. The van der Waals surface area contributed by atoms with Crippen molar-refractivity contribution in [2.75, 3.05) is 9.80 Å². The number of hydrogen-bond donors (Lipinski definition) is 0. The predicted octanol–water partition coefficient (Wildman–Crippen LogP) is 15.9. The monoisotopic (exact) mass is 883 g/mol. The van der Waals surface area contributed by atoms with Crippen LogP contribution in [0.4, 0.5) is 33.4 Å². The van der Waals surface area contributed by atoms with Crippen molar-refractivity contribution in [3.8, 4) is 11.1 Å². The Hall–Kier alpha value is -5.32. The van der Waals surface area contributed by atoms with E-state index in [9.17, 15) is 0 Å². The van der Waals surface area contributed by atoms with Crippen LogP contribution < -0.4 is 26.2 Å². The van der Waals surface area contributed by atoms with Gasteiger partial charge in [-0.1, -0.05) is 155 Å². The molecule has 66 heavy (non-hydrogen) atoms. The van der Waals surface area contributed by atoms with Gasteiger partial charge in [-0.3, -0.25) is 0 Å². The maximum absolute atomic E-state index is 4.49. The lowest BCUT2D eigenvalue weighted by Crippen LogP contribution is -2.61. The molecule has 7 aromatic rings. The van der Waals surface area contributed by atoms with Crippen molar-refractivity contribution in [2.24, 2.45) is 0 Å². The third-order valence-corrected chi connectivity index (χ3v) is 17.8. The van der Waals surface area contributed by atoms with Crippen molar-refractivity contribution in [1.29, 1.82) is 0 Å². The van der Waals surface area contributed by atoms with Crippen LogP contribution in [0.2, 0.25) is 0 Å². The number of anilines is 6. The highest BCUT2D eigenvalue weighted by atomic mass is 32.1. The van der Waals surface area contributed by atoms with Gasteiger partial charge in [-0.2, -0.15) is 0 Å². The quantitative estimate of drug-likeness (QED) is 0.163. The SMILES string of the molecule is C=Cc1cc2c3c(c1)N(c1ccc(C(C)(C)C)cc1C)c1sc4ccc(C)cc4c1B3c1cc3c(cc1N2c1cc2c(cc1-c1ccccc1)C(C)(C)CCC2(C)C)C(C)(C)CCC3(C)C. The van der Waals surface area contributed by atoms with Crippen LogP contribution in [0.3, 0.4) is 0 Å². The maximum atomic E-state index is 4.49. The van der Waals surface area contributed by atoms with Crippen LogP contribution >= 0.6 is 11.3 Å². The van der Waals surface area contributed by atoms with Crippen molar-refractivity contribution in [3.05, 3.63) is 154 Å². The Labute approximate surface area is 399 Å². The molecule has 0 radical (unpaired) electrons. The summed E-state index contributed by atoms with van der Waals surface area (Å²) in [5, 5.41) is 2.70. The Morgan fingerprint density at radius 1 is 0.576 bits per heavy atom. The molecule has 3 heterocycles. The number of nitrogens with zero attached hydrogens (tertiary/aromatic N) is 2. The number of aryl methyl sites for hydroxylation is 2. The minimum Gasteiger partial charge on any atom is -0.311 e. The lowest BCUT2D eigenvalue weighted by atomic mass is 9.33. The highest BCUT2D eigenvalue weighted by Crippen LogP contribution is 2.56. The predicted molar refractivity (Wildman–Crippen MR) is 290 cm³/mol. The Kier molecular flexibility index (Phi) is 9.41. The molecule has 0 saturated heterocycles. The van der Waals surface area contributed by atoms with E-state index < -0.39 is 0 Å². The molecule has 2 aliphatic heterocycles. The Morgan fingerprint density at radius 2 is 1.15 bits per heavy atom. The standard InChI is InChI=1S/C62H67BN2S/c1-15-39-31-52-56-53(32-39)65(49-23-22-41(30-38(49)3)58(4,5)6)57-55(43-29-37(2)21-24-54(43)66-57)63(56)48-34-45-47(62(13,14)28-26-60(45,9)10)36-51(48)64(52)50-35-46-44(59(7,8)25-27-61(46,11)12)33-42(50)40-19-17-16-18-20-40/h15-24,29-36H,1,25-28H2,2-14H3. The maximum Gasteiger partial charge on any atom is 0.254 e. The van der Waals surface area contributed by atoms with E-state index in [1.807, 2.05) is 11.3 Å². The second-order valence-corrected chi connectivity index (χ2v) is 25.2. The average molecular weight is 883 g/mol. The molecular weight excluding hydrogens is 816 g/mol. The van der Waals surface area contributed by atoms with Crippen LogP contribution in [0.5, 0.6) is 0 Å². The van der Waals surface area contributed by atoms with Crippen molar-refractivity contribution >= 4 is 84.0 Å². The third kappa shape index (κ3) is 6.40. The minimum absolute atomic E-state index is 0.0235. The molecule has 0 N–H and O–H groups in total. The summed E-state index contributed by atoms with van der Waals surface area (Å²) >= 11 is 1.96. The third-order valence-electron chi connectivity index (χ3n) is 16.7. The minimum atomic E-state index is 0.0235. The zero-order valence-electron chi connectivity index (χ0n) is 41.8. The first-order chi connectivity index (χ1) is 31.1. The molecule has 4 aliphatic rings. The Bertz CT molecular complexity index is 3190. The first kappa shape index (κ1) is 43.3. The van der Waals surface area contributed by atoms with Crippen LogP contribution in [-0.2, 0) is 27.1 Å². The smallest absolute Gasteiger partial charge is 0.254 e. The molecule has 2 nitrogen and oxygen atoms in total. The number of fused-ring (bicyclic) bond motifs is 8. The lowest BCUT2D eigenvalue weighted by molar-refractivity contribution is 0.332. The molecule has 334 valence electrons. The van der Waals surface area contributed by atoms with Gasteiger partial charge in [0.1, 0.15) is 0 Å². The van der Waals surface area contributed by atoms with Crippen LogP contribution in [0.15, 0.2) is 110 Å². The summed E-state index contributed by atoms with van der Waals surface area (Å²) in [6, 6.07) is 41.1. The van der Waals surface area contributed by atoms with E-state index >= 15 is 0 Å². The molecule has 1 aromatic heterocycles. The molecule has 0 bridgehead atoms. The van der Waals surface area contributed by atoms with Crippen molar-refractivity contribution in [1.82, 2.24) is 0 Å². The Balaban J connectivity index is 1.32. The number of hydrogen-bond acceptors (Lipinski definition) is 3. The van der Waals surface area contributed by atoms with Gasteiger partial charge in [0.2, 0.25) is 0 Å². The number of rotatable bonds is 4. The Morgan fingerprint density at radius 3 is 1.74 bits per heavy atom. The topological polar surface area (TPSA) is 6.48 Å². The van der Waals surface area contributed by atoms with Crippen LogP contribution in [0.1, 0.15) is 146 Å². The van der Waals surface area contributed by atoms with Gasteiger partial charge >= 0.3 is 0 Å². The summed E-state index contributed by atoms with van der Waals surface area (Å²) in [7, 11) is 0. The van der Waals surface area contributed by atoms with Crippen molar-refractivity contribution in [3.63, 3.8) is 0 Å². The molecule has 0 fully saturated rings. The van der Waals surface area contributed by atoms with Crippen molar-refractivity contribution in [2.45, 2.75) is 143 Å². The summed E-state index contributed by atoms with van der Waals surface area (Å²) in [5.74, 6) is 0. The fourth-order valence-corrected chi connectivity index (χ4v) is 13.6. The van der Waals surface area contributed by atoms with E-state index in [1.54, 1.807) is 0 Å². The largest absolute Gasteiger partial charge is 0.311 e. The molecule has 0 atom stereocenters. The molecule has 0 unspecified atom stereocenters. The van der Waals surface area contributed by atoms with Gasteiger partial charge in [-0.25, -0.2) is 0 Å². The summed E-state index contributed by atoms with van der Waals surface area (Å²) < 4.78 is 1.34. The zero-order chi connectivity index (χ0) is 46.6. The van der Waals surface area contributed by atoms with Gasteiger partial charge in [0, 0.05) is 33.0 Å². The summed E-state index contributed by atoms with van der Waals surface area (Å²) in [5.41, 5.74) is 24.3. The zero-order valence-corrected chi connectivity index (χ0v) is 42.6.